The lowest BCUT2D eigenvalue weighted by Gasteiger charge is -2.05. The molecule has 1 aromatic carbocycles. The van der Waals surface area contributed by atoms with Crippen LogP contribution >= 0.6 is 0 Å². The Morgan fingerprint density at radius 2 is 2.09 bits per heavy atom. The van der Waals surface area contributed by atoms with E-state index in [0.29, 0.717) is 11.4 Å². The first-order chi connectivity index (χ1) is 5.15. The molecule has 60 valence electrons. The molecule has 0 radical (unpaired) electrons. The van der Waals surface area contributed by atoms with Crippen LogP contribution in [0, 0.1) is 12.7 Å². The van der Waals surface area contributed by atoms with Gasteiger partial charge in [0.15, 0.2) is 0 Å². The van der Waals surface area contributed by atoms with Crippen LogP contribution in [0.4, 0.5) is 15.8 Å². The second-order valence-electron chi connectivity index (χ2n) is 2.44. The van der Waals surface area contributed by atoms with Gasteiger partial charge >= 0.3 is 0 Å². The van der Waals surface area contributed by atoms with E-state index in [1.807, 2.05) is 0 Å². The zero-order valence-corrected chi connectivity index (χ0v) is 6.61. The fourth-order valence-electron chi connectivity index (χ4n) is 0.881. The first-order valence-electron chi connectivity index (χ1n) is 3.38. The Labute approximate surface area is 65.2 Å². The summed E-state index contributed by atoms with van der Waals surface area (Å²) in [6, 6.07) is 3.01. The van der Waals surface area contributed by atoms with E-state index in [4.69, 9.17) is 5.73 Å². The van der Waals surface area contributed by atoms with Crippen LogP contribution in [-0.2, 0) is 0 Å². The normalized spacial score (nSPS) is 9.73. The molecule has 0 spiro atoms. The van der Waals surface area contributed by atoms with Crippen molar-refractivity contribution in [3.63, 3.8) is 0 Å². The molecule has 0 atom stereocenters. The molecule has 1 rings (SSSR count). The van der Waals surface area contributed by atoms with Crippen molar-refractivity contribution in [3.8, 4) is 0 Å². The van der Waals surface area contributed by atoms with Crippen LogP contribution in [0.1, 0.15) is 5.56 Å². The molecule has 3 heteroatoms. The number of aryl methyl sites for hydroxylation is 1. The molecule has 0 aliphatic rings. The van der Waals surface area contributed by atoms with Gasteiger partial charge in [0.25, 0.3) is 0 Å². The van der Waals surface area contributed by atoms with E-state index in [-0.39, 0.29) is 5.82 Å². The van der Waals surface area contributed by atoms with Crippen molar-refractivity contribution >= 4 is 11.4 Å². The highest BCUT2D eigenvalue weighted by Gasteiger charge is 2.02. The van der Waals surface area contributed by atoms with Crippen LogP contribution in [0.3, 0.4) is 0 Å². The Morgan fingerprint density at radius 1 is 1.45 bits per heavy atom. The van der Waals surface area contributed by atoms with Crippen molar-refractivity contribution in [2.45, 2.75) is 6.92 Å². The molecule has 1 aromatic rings. The summed E-state index contributed by atoms with van der Waals surface area (Å²) in [5.74, 6) is -0.265. The minimum absolute atomic E-state index is 0.265. The minimum Gasteiger partial charge on any atom is -0.398 e. The molecule has 0 unspecified atom stereocenters. The third kappa shape index (κ3) is 1.42. The Morgan fingerprint density at radius 3 is 2.64 bits per heavy atom. The lowest BCUT2D eigenvalue weighted by atomic mass is 10.2. The summed E-state index contributed by atoms with van der Waals surface area (Å²) in [5, 5.41) is 2.71. The summed E-state index contributed by atoms with van der Waals surface area (Å²) in [6.45, 7) is 1.78. The molecule has 0 bridgehead atoms. The van der Waals surface area contributed by atoms with Gasteiger partial charge in [-0.1, -0.05) is 0 Å². The fourth-order valence-corrected chi connectivity index (χ4v) is 0.881. The van der Waals surface area contributed by atoms with Crippen LogP contribution in [0.2, 0.25) is 0 Å². The van der Waals surface area contributed by atoms with Crippen molar-refractivity contribution < 1.29 is 4.39 Å². The zero-order chi connectivity index (χ0) is 8.43. The van der Waals surface area contributed by atoms with E-state index in [2.05, 4.69) is 5.32 Å². The van der Waals surface area contributed by atoms with E-state index >= 15 is 0 Å². The number of hydrogen-bond acceptors (Lipinski definition) is 2. The van der Waals surface area contributed by atoms with E-state index < -0.39 is 0 Å². The van der Waals surface area contributed by atoms with Crippen molar-refractivity contribution in [1.82, 2.24) is 0 Å². The van der Waals surface area contributed by atoms with Crippen LogP contribution in [0.25, 0.3) is 0 Å². The fraction of sp³-hybridized carbons (Fsp3) is 0.250. The van der Waals surface area contributed by atoms with Gasteiger partial charge in [0.2, 0.25) is 0 Å². The monoisotopic (exact) mass is 154 g/mol. The molecular formula is C8H11FN2. The summed E-state index contributed by atoms with van der Waals surface area (Å²) in [4.78, 5) is 0. The first-order valence-corrected chi connectivity index (χ1v) is 3.38. The zero-order valence-electron chi connectivity index (χ0n) is 6.61. The second-order valence-corrected chi connectivity index (χ2v) is 2.44. The van der Waals surface area contributed by atoms with Crippen LogP contribution < -0.4 is 11.1 Å². The van der Waals surface area contributed by atoms with E-state index in [0.717, 1.165) is 5.56 Å². The average Bonchev–Trinajstić information content (AvgIpc) is 1.97. The second kappa shape index (κ2) is 2.78. The summed E-state index contributed by atoms with van der Waals surface area (Å²) < 4.78 is 12.9. The SMILES string of the molecule is CNc1cc(N)c(C)cc1F. The van der Waals surface area contributed by atoms with Crippen molar-refractivity contribution in [2.75, 3.05) is 18.1 Å². The maximum absolute atomic E-state index is 12.9. The molecule has 0 saturated heterocycles. The molecular weight excluding hydrogens is 143 g/mol. The number of rotatable bonds is 1. The molecule has 0 aliphatic carbocycles. The third-order valence-corrected chi connectivity index (χ3v) is 1.63. The molecule has 3 N–H and O–H groups in total. The lowest BCUT2D eigenvalue weighted by molar-refractivity contribution is 0.630. The molecule has 0 saturated carbocycles. The number of anilines is 2. The van der Waals surface area contributed by atoms with Crippen LogP contribution in [0.5, 0.6) is 0 Å². The van der Waals surface area contributed by atoms with Gasteiger partial charge in [0, 0.05) is 12.7 Å². The Bertz CT molecular complexity index is 271. The number of nitrogen functional groups attached to an aromatic ring is 1. The number of nitrogens with one attached hydrogen (secondary N) is 1. The van der Waals surface area contributed by atoms with Crippen molar-refractivity contribution in [3.05, 3.63) is 23.5 Å². The van der Waals surface area contributed by atoms with E-state index in [1.54, 1.807) is 20.0 Å². The summed E-state index contributed by atoms with van der Waals surface area (Å²) in [5.41, 5.74) is 7.37. The predicted octanol–water partition coefficient (Wildman–Crippen LogP) is 1.76. The molecule has 0 aromatic heterocycles. The standard InChI is InChI=1S/C8H11FN2/c1-5-3-6(9)8(11-2)4-7(5)10/h3-4,11H,10H2,1-2H3. The maximum atomic E-state index is 12.9. The van der Waals surface area contributed by atoms with Gasteiger partial charge in [0.1, 0.15) is 5.82 Å². The van der Waals surface area contributed by atoms with Gasteiger partial charge in [-0.15, -0.1) is 0 Å². The Balaban J connectivity index is 3.21. The smallest absolute Gasteiger partial charge is 0.146 e. The molecule has 0 amide bonds. The van der Waals surface area contributed by atoms with Gasteiger partial charge in [0.05, 0.1) is 5.69 Å². The number of halogens is 1. The molecule has 0 heterocycles. The van der Waals surface area contributed by atoms with E-state index in [1.165, 1.54) is 6.07 Å². The van der Waals surface area contributed by atoms with Crippen molar-refractivity contribution in [2.24, 2.45) is 0 Å². The van der Waals surface area contributed by atoms with Crippen LogP contribution in [0.15, 0.2) is 12.1 Å². The van der Waals surface area contributed by atoms with Crippen LogP contribution in [-0.4, -0.2) is 7.05 Å². The largest absolute Gasteiger partial charge is 0.398 e. The van der Waals surface area contributed by atoms with Gasteiger partial charge in [-0.2, -0.15) is 0 Å². The minimum atomic E-state index is -0.265. The molecule has 0 aliphatic heterocycles. The third-order valence-electron chi connectivity index (χ3n) is 1.63. The maximum Gasteiger partial charge on any atom is 0.146 e. The average molecular weight is 154 g/mol. The summed E-state index contributed by atoms with van der Waals surface area (Å²) in [6.07, 6.45) is 0. The number of benzene rings is 1. The highest BCUT2D eigenvalue weighted by molar-refractivity contribution is 5.58. The molecule has 2 nitrogen and oxygen atoms in total. The topological polar surface area (TPSA) is 38.0 Å². The quantitative estimate of drug-likeness (QED) is 0.605. The first kappa shape index (κ1) is 7.85. The molecule has 11 heavy (non-hydrogen) atoms. The van der Waals surface area contributed by atoms with Gasteiger partial charge in [-0.3, -0.25) is 0 Å². The lowest BCUT2D eigenvalue weighted by Crippen LogP contribution is -1.97. The Hall–Kier alpha value is -1.25. The van der Waals surface area contributed by atoms with Gasteiger partial charge < -0.3 is 11.1 Å². The Kier molecular flexibility index (Phi) is 1.98. The van der Waals surface area contributed by atoms with Gasteiger partial charge in [-0.25, -0.2) is 4.39 Å². The summed E-state index contributed by atoms with van der Waals surface area (Å²) in [7, 11) is 1.66. The van der Waals surface area contributed by atoms with E-state index in [9.17, 15) is 4.39 Å². The molecule has 0 fully saturated rings. The number of nitrogens with two attached hydrogens (primary N) is 1. The highest BCUT2D eigenvalue weighted by atomic mass is 19.1. The summed E-state index contributed by atoms with van der Waals surface area (Å²) >= 11 is 0. The van der Waals surface area contributed by atoms with Gasteiger partial charge in [-0.05, 0) is 24.6 Å². The predicted molar refractivity (Wildman–Crippen MR) is 45.1 cm³/mol. The number of hydrogen-bond donors (Lipinski definition) is 2. The van der Waals surface area contributed by atoms with Crippen molar-refractivity contribution in [1.29, 1.82) is 0 Å². The highest BCUT2D eigenvalue weighted by Crippen LogP contribution is 2.20.